The summed E-state index contributed by atoms with van der Waals surface area (Å²) in [5.74, 6) is 0.327. The number of hydrogen-bond acceptors (Lipinski definition) is 3. The summed E-state index contributed by atoms with van der Waals surface area (Å²) in [6, 6.07) is 3.29. The molecule has 1 saturated heterocycles. The second-order valence-corrected chi connectivity index (χ2v) is 6.12. The number of pyridine rings is 1. The fraction of sp³-hybridized carbons (Fsp3) is 0.562. The molecule has 5 nitrogen and oxygen atoms in total. The first-order valence-electron chi connectivity index (χ1n) is 7.46. The Morgan fingerprint density at radius 2 is 2.00 bits per heavy atom. The van der Waals surface area contributed by atoms with Crippen molar-refractivity contribution in [2.24, 2.45) is 5.92 Å². The number of rotatable bonds is 4. The van der Waals surface area contributed by atoms with Gasteiger partial charge in [0.15, 0.2) is 0 Å². The van der Waals surface area contributed by atoms with Crippen molar-refractivity contribution in [1.82, 2.24) is 15.2 Å². The van der Waals surface area contributed by atoms with Crippen LogP contribution in [0.4, 0.5) is 0 Å². The van der Waals surface area contributed by atoms with Gasteiger partial charge in [-0.3, -0.25) is 14.6 Å². The van der Waals surface area contributed by atoms with Crippen molar-refractivity contribution in [3.63, 3.8) is 0 Å². The Kier molecular flexibility index (Phi) is 4.94. The lowest BCUT2D eigenvalue weighted by Gasteiger charge is -2.29. The van der Waals surface area contributed by atoms with Crippen molar-refractivity contribution in [2.75, 3.05) is 0 Å². The zero-order valence-electron chi connectivity index (χ0n) is 12.9. The van der Waals surface area contributed by atoms with E-state index >= 15 is 0 Å². The monoisotopic (exact) mass is 289 g/mol. The molecule has 2 heterocycles. The van der Waals surface area contributed by atoms with Crippen LogP contribution in [0.3, 0.4) is 0 Å². The molecule has 114 valence electrons. The summed E-state index contributed by atoms with van der Waals surface area (Å²) in [5, 5.41) is 2.86. The Bertz CT molecular complexity index is 502. The molecule has 0 saturated carbocycles. The van der Waals surface area contributed by atoms with E-state index in [1.165, 1.54) is 0 Å². The maximum atomic E-state index is 12.7. The number of amides is 2. The van der Waals surface area contributed by atoms with E-state index in [-0.39, 0.29) is 17.9 Å². The van der Waals surface area contributed by atoms with Crippen molar-refractivity contribution in [1.29, 1.82) is 0 Å². The number of nitrogens with one attached hydrogen (secondary N) is 1. The molecule has 0 radical (unpaired) electrons. The zero-order chi connectivity index (χ0) is 15.4. The third kappa shape index (κ3) is 4.03. The van der Waals surface area contributed by atoms with Gasteiger partial charge >= 0.3 is 0 Å². The molecule has 1 N–H and O–H groups in total. The smallest absolute Gasteiger partial charge is 0.245 e. The largest absolute Gasteiger partial charge is 0.344 e. The van der Waals surface area contributed by atoms with E-state index in [9.17, 15) is 9.59 Å². The van der Waals surface area contributed by atoms with Crippen molar-refractivity contribution in [3.8, 4) is 0 Å². The Morgan fingerprint density at radius 3 is 2.62 bits per heavy atom. The van der Waals surface area contributed by atoms with Gasteiger partial charge in [-0.05, 0) is 37.0 Å². The minimum absolute atomic E-state index is 0.0128. The SMILES string of the molecule is CC(C)CC1NC(=O)CC(C)N(Cc2ccncc2)C1=O. The van der Waals surface area contributed by atoms with Crippen LogP contribution in [0.5, 0.6) is 0 Å². The van der Waals surface area contributed by atoms with Gasteiger partial charge in [0.1, 0.15) is 6.04 Å². The lowest BCUT2D eigenvalue weighted by molar-refractivity contribution is -0.136. The topological polar surface area (TPSA) is 62.3 Å². The van der Waals surface area contributed by atoms with Crippen LogP contribution in [0.25, 0.3) is 0 Å². The average molecular weight is 289 g/mol. The first kappa shape index (κ1) is 15.5. The third-order valence-corrected chi connectivity index (χ3v) is 3.74. The van der Waals surface area contributed by atoms with Gasteiger partial charge in [0.05, 0.1) is 0 Å². The molecule has 0 aromatic carbocycles. The van der Waals surface area contributed by atoms with Crippen molar-refractivity contribution in [2.45, 2.75) is 52.2 Å². The molecule has 5 heteroatoms. The molecular weight excluding hydrogens is 266 g/mol. The van der Waals surface area contributed by atoms with E-state index in [2.05, 4.69) is 24.1 Å². The molecule has 0 bridgehead atoms. The van der Waals surface area contributed by atoms with Crippen molar-refractivity contribution in [3.05, 3.63) is 30.1 Å². The van der Waals surface area contributed by atoms with Gasteiger partial charge in [-0.1, -0.05) is 13.8 Å². The van der Waals surface area contributed by atoms with Gasteiger partial charge in [0.2, 0.25) is 11.8 Å². The molecule has 1 fully saturated rings. The molecular formula is C16H23N3O2. The molecule has 1 aliphatic heterocycles. The Morgan fingerprint density at radius 1 is 1.33 bits per heavy atom. The number of carbonyl (C=O) groups excluding carboxylic acids is 2. The summed E-state index contributed by atoms with van der Waals surface area (Å²) in [6.07, 6.45) is 4.46. The maximum Gasteiger partial charge on any atom is 0.245 e. The van der Waals surface area contributed by atoms with Gasteiger partial charge in [0.25, 0.3) is 0 Å². The number of aromatic nitrogens is 1. The van der Waals surface area contributed by atoms with Crippen molar-refractivity contribution >= 4 is 11.8 Å². The molecule has 0 aliphatic carbocycles. The highest BCUT2D eigenvalue weighted by Crippen LogP contribution is 2.18. The molecule has 1 aliphatic rings. The maximum absolute atomic E-state index is 12.7. The standard InChI is InChI=1S/C16H23N3O2/c1-11(2)8-14-16(21)19(12(3)9-15(20)18-14)10-13-4-6-17-7-5-13/h4-7,11-12,14H,8-10H2,1-3H3,(H,18,20). The van der Waals surface area contributed by atoms with Gasteiger partial charge in [-0.15, -0.1) is 0 Å². The number of hydrogen-bond donors (Lipinski definition) is 1. The predicted octanol–water partition coefficient (Wildman–Crippen LogP) is 1.73. The number of nitrogens with zero attached hydrogens (tertiary/aromatic N) is 2. The zero-order valence-corrected chi connectivity index (χ0v) is 12.9. The van der Waals surface area contributed by atoms with E-state index in [0.29, 0.717) is 25.3 Å². The highest BCUT2D eigenvalue weighted by molar-refractivity contribution is 5.90. The molecule has 2 amide bonds. The first-order valence-corrected chi connectivity index (χ1v) is 7.46. The summed E-state index contributed by atoms with van der Waals surface area (Å²) in [4.78, 5) is 30.5. The minimum atomic E-state index is -0.413. The lowest BCUT2D eigenvalue weighted by Crippen LogP contribution is -2.46. The summed E-state index contributed by atoms with van der Waals surface area (Å²) in [7, 11) is 0. The van der Waals surface area contributed by atoms with Crippen LogP contribution in [-0.2, 0) is 16.1 Å². The van der Waals surface area contributed by atoms with Gasteiger partial charge in [0, 0.05) is 31.4 Å². The lowest BCUT2D eigenvalue weighted by atomic mass is 10.0. The average Bonchev–Trinajstić information content (AvgIpc) is 2.51. The highest BCUT2D eigenvalue weighted by atomic mass is 16.2. The molecule has 2 unspecified atom stereocenters. The predicted molar refractivity (Wildman–Crippen MR) is 80.3 cm³/mol. The minimum Gasteiger partial charge on any atom is -0.344 e. The highest BCUT2D eigenvalue weighted by Gasteiger charge is 2.34. The van der Waals surface area contributed by atoms with Crippen LogP contribution in [0.15, 0.2) is 24.5 Å². The number of carbonyl (C=O) groups is 2. The summed E-state index contributed by atoms with van der Waals surface area (Å²) in [5.41, 5.74) is 1.03. The Balaban J connectivity index is 2.19. The van der Waals surface area contributed by atoms with E-state index in [1.807, 2.05) is 19.1 Å². The molecule has 2 atom stereocenters. The molecule has 0 spiro atoms. The molecule has 1 aromatic heterocycles. The summed E-state index contributed by atoms with van der Waals surface area (Å²) in [6.45, 7) is 6.56. The van der Waals surface area contributed by atoms with Crippen LogP contribution < -0.4 is 5.32 Å². The van der Waals surface area contributed by atoms with Gasteiger partial charge < -0.3 is 10.2 Å². The summed E-state index contributed by atoms with van der Waals surface area (Å²) >= 11 is 0. The Hall–Kier alpha value is -1.91. The Labute approximate surface area is 125 Å². The molecule has 21 heavy (non-hydrogen) atoms. The van der Waals surface area contributed by atoms with Crippen LogP contribution in [-0.4, -0.2) is 33.8 Å². The quantitative estimate of drug-likeness (QED) is 0.918. The second kappa shape index (κ2) is 6.70. The second-order valence-electron chi connectivity index (χ2n) is 6.12. The van der Waals surface area contributed by atoms with Crippen molar-refractivity contribution < 1.29 is 9.59 Å². The van der Waals surface area contributed by atoms with Gasteiger partial charge in [-0.25, -0.2) is 0 Å². The fourth-order valence-corrected chi connectivity index (χ4v) is 2.66. The van der Waals surface area contributed by atoms with Crippen LogP contribution in [0.1, 0.15) is 39.2 Å². The fourth-order valence-electron chi connectivity index (χ4n) is 2.66. The molecule has 1 aromatic rings. The summed E-state index contributed by atoms with van der Waals surface area (Å²) < 4.78 is 0. The normalized spacial score (nSPS) is 23.1. The van der Waals surface area contributed by atoms with Crippen LogP contribution in [0, 0.1) is 5.92 Å². The molecule has 2 rings (SSSR count). The van der Waals surface area contributed by atoms with Crippen LogP contribution >= 0.6 is 0 Å². The first-order chi connectivity index (χ1) is 9.97. The van der Waals surface area contributed by atoms with Crippen LogP contribution in [0.2, 0.25) is 0 Å². The van der Waals surface area contributed by atoms with E-state index in [4.69, 9.17) is 0 Å². The van der Waals surface area contributed by atoms with E-state index < -0.39 is 6.04 Å². The van der Waals surface area contributed by atoms with E-state index in [1.54, 1.807) is 17.3 Å². The van der Waals surface area contributed by atoms with E-state index in [0.717, 1.165) is 5.56 Å². The third-order valence-electron chi connectivity index (χ3n) is 3.74. The van der Waals surface area contributed by atoms with Gasteiger partial charge in [-0.2, -0.15) is 0 Å².